The van der Waals surface area contributed by atoms with Crippen molar-refractivity contribution in [2.45, 2.75) is 25.5 Å². The number of hydrogen-bond donors (Lipinski definition) is 1. The maximum absolute atomic E-state index is 11.9. The fourth-order valence-corrected chi connectivity index (χ4v) is 3.10. The molecule has 3 rings (SSSR count). The predicted molar refractivity (Wildman–Crippen MR) is 78.6 cm³/mol. The monoisotopic (exact) mass is 275 g/mol. The Hall–Kier alpha value is -1.59. The second kappa shape index (κ2) is 4.75. The number of nitrogens with zero attached hydrogens (tertiary/aromatic N) is 2. The zero-order valence-corrected chi connectivity index (χ0v) is 12.2. The summed E-state index contributed by atoms with van der Waals surface area (Å²) in [5, 5.41) is 0. The SMILES string of the molecule is CC1CC(C(N)c2ccc3c(c2)n(C)c(=O)n3C)CO1. The Bertz CT molecular complexity index is 701. The molecule has 3 unspecified atom stereocenters. The van der Waals surface area contributed by atoms with Crippen molar-refractivity contribution in [1.29, 1.82) is 0 Å². The average Bonchev–Trinajstić information content (AvgIpc) is 2.97. The highest BCUT2D eigenvalue weighted by molar-refractivity contribution is 5.77. The van der Waals surface area contributed by atoms with Crippen LogP contribution in [0.25, 0.3) is 11.0 Å². The summed E-state index contributed by atoms with van der Waals surface area (Å²) in [6, 6.07) is 5.99. The van der Waals surface area contributed by atoms with Crippen LogP contribution in [0.5, 0.6) is 0 Å². The summed E-state index contributed by atoms with van der Waals surface area (Å²) < 4.78 is 8.93. The van der Waals surface area contributed by atoms with Crippen molar-refractivity contribution in [1.82, 2.24) is 9.13 Å². The van der Waals surface area contributed by atoms with E-state index in [1.165, 1.54) is 0 Å². The molecule has 2 N–H and O–H groups in total. The summed E-state index contributed by atoms with van der Waals surface area (Å²) in [6.45, 7) is 2.80. The van der Waals surface area contributed by atoms with Crippen LogP contribution in [0.2, 0.25) is 0 Å². The highest BCUT2D eigenvalue weighted by Crippen LogP contribution is 2.31. The van der Waals surface area contributed by atoms with E-state index in [0.717, 1.165) is 23.0 Å². The lowest BCUT2D eigenvalue weighted by atomic mass is 9.91. The Morgan fingerprint density at radius 1 is 1.30 bits per heavy atom. The van der Waals surface area contributed by atoms with Gasteiger partial charge in [0.15, 0.2) is 0 Å². The Kier molecular flexibility index (Phi) is 3.18. The lowest BCUT2D eigenvalue weighted by Gasteiger charge is -2.18. The summed E-state index contributed by atoms with van der Waals surface area (Å²) in [5.74, 6) is 0.350. The van der Waals surface area contributed by atoms with Crippen LogP contribution >= 0.6 is 0 Å². The predicted octanol–water partition coefficient (Wildman–Crippen LogP) is 1.30. The Morgan fingerprint density at radius 2 is 2.00 bits per heavy atom. The van der Waals surface area contributed by atoms with Gasteiger partial charge in [-0.2, -0.15) is 0 Å². The first kappa shape index (κ1) is 13.4. The van der Waals surface area contributed by atoms with Crippen LogP contribution in [0, 0.1) is 5.92 Å². The molecule has 1 saturated heterocycles. The first-order chi connectivity index (χ1) is 9.49. The molecule has 5 nitrogen and oxygen atoms in total. The van der Waals surface area contributed by atoms with Gasteiger partial charge in [-0.15, -0.1) is 0 Å². The van der Waals surface area contributed by atoms with Crippen LogP contribution in [-0.4, -0.2) is 21.8 Å². The summed E-state index contributed by atoms with van der Waals surface area (Å²) in [5.41, 5.74) is 9.30. The molecule has 1 aliphatic heterocycles. The number of ether oxygens (including phenoxy) is 1. The number of hydrogen-bond acceptors (Lipinski definition) is 3. The van der Waals surface area contributed by atoms with E-state index in [1.54, 1.807) is 23.2 Å². The molecule has 20 heavy (non-hydrogen) atoms. The fourth-order valence-electron chi connectivity index (χ4n) is 3.10. The number of aromatic nitrogens is 2. The Labute approximate surface area is 117 Å². The standard InChI is InChI=1S/C15H21N3O2/c1-9-6-11(8-20-9)14(16)10-4-5-12-13(7-10)18(3)15(19)17(12)2/h4-5,7,9,11,14H,6,8,16H2,1-3H3. The number of fused-ring (bicyclic) bond motifs is 1. The van der Waals surface area contributed by atoms with E-state index in [-0.39, 0.29) is 17.8 Å². The van der Waals surface area contributed by atoms with E-state index in [4.69, 9.17) is 10.5 Å². The minimum Gasteiger partial charge on any atom is -0.378 e. The molecule has 3 atom stereocenters. The molecule has 2 aromatic rings. The Balaban J connectivity index is 2.01. The molecular weight excluding hydrogens is 254 g/mol. The lowest BCUT2D eigenvalue weighted by Crippen LogP contribution is -2.21. The maximum atomic E-state index is 11.9. The molecule has 5 heteroatoms. The summed E-state index contributed by atoms with van der Waals surface area (Å²) in [6.07, 6.45) is 1.28. The van der Waals surface area contributed by atoms with Crippen molar-refractivity contribution in [3.63, 3.8) is 0 Å². The smallest absolute Gasteiger partial charge is 0.328 e. The van der Waals surface area contributed by atoms with Gasteiger partial charge >= 0.3 is 5.69 Å². The molecule has 1 aliphatic rings. The molecule has 1 aromatic carbocycles. The first-order valence-electron chi connectivity index (χ1n) is 7.01. The molecule has 0 saturated carbocycles. The van der Waals surface area contributed by atoms with Gasteiger partial charge in [0.05, 0.1) is 23.7 Å². The molecule has 1 aromatic heterocycles. The Morgan fingerprint density at radius 3 is 2.65 bits per heavy atom. The molecule has 2 heterocycles. The molecule has 108 valence electrons. The van der Waals surface area contributed by atoms with Gasteiger partial charge in [-0.25, -0.2) is 4.79 Å². The van der Waals surface area contributed by atoms with Gasteiger partial charge in [0, 0.05) is 26.1 Å². The minimum absolute atomic E-state index is 0.0106. The van der Waals surface area contributed by atoms with Gasteiger partial charge in [-0.3, -0.25) is 9.13 Å². The van der Waals surface area contributed by atoms with Crippen molar-refractivity contribution in [2.24, 2.45) is 25.7 Å². The number of aryl methyl sites for hydroxylation is 2. The lowest BCUT2D eigenvalue weighted by molar-refractivity contribution is 0.118. The molecule has 0 radical (unpaired) electrons. The highest BCUT2D eigenvalue weighted by atomic mass is 16.5. The second-order valence-electron chi connectivity index (χ2n) is 5.81. The number of imidazole rings is 1. The van der Waals surface area contributed by atoms with Crippen LogP contribution in [0.3, 0.4) is 0 Å². The number of rotatable bonds is 2. The molecule has 0 amide bonds. The third-order valence-electron chi connectivity index (χ3n) is 4.42. The van der Waals surface area contributed by atoms with Crippen molar-refractivity contribution >= 4 is 11.0 Å². The second-order valence-corrected chi connectivity index (χ2v) is 5.81. The fraction of sp³-hybridized carbons (Fsp3) is 0.533. The van der Waals surface area contributed by atoms with E-state index in [0.29, 0.717) is 12.5 Å². The van der Waals surface area contributed by atoms with Crippen LogP contribution in [0.4, 0.5) is 0 Å². The van der Waals surface area contributed by atoms with Crippen molar-refractivity contribution in [2.75, 3.05) is 6.61 Å². The van der Waals surface area contributed by atoms with E-state index in [9.17, 15) is 4.79 Å². The van der Waals surface area contributed by atoms with Gasteiger partial charge in [0.2, 0.25) is 0 Å². The van der Waals surface area contributed by atoms with E-state index < -0.39 is 0 Å². The van der Waals surface area contributed by atoms with E-state index in [1.807, 2.05) is 18.2 Å². The van der Waals surface area contributed by atoms with Gasteiger partial charge in [-0.1, -0.05) is 6.07 Å². The summed E-state index contributed by atoms with van der Waals surface area (Å²) >= 11 is 0. The molecule has 0 aliphatic carbocycles. The zero-order valence-electron chi connectivity index (χ0n) is 12.2. The summed E-state index contributed by atoms with van der Waals surface area (Å²) in [7, 11) is 3.58. The summed E-state index contributed by atoms with van der Waals surface area (Å²) in [4.78, 5) is 11.9. The normalized spacial score (nSPS) is 24.4. The van der Waals surface area contributed by atoms with E-state index >= 15 is 0 Å². The van der Waals surface area contributed by atoms with E-state index in [2.05, 4.69) is 6.92 Å². The number of benzene rings is 1. The molecule has 0 bridgehead atoms. The van der Waals surface area contributed by atoms with Crippen molar-refractivity contribution < 1.29 is 4.74 Å². The maximum Gasteiger partial charge on any atom is 0.328 e. The van der Waals surface area contributed by atoms with Crippen molar-refractivity contribution in [3.8, 4) is 0 Å². The van der Waals surface area contributed by atoms with Crippen LogP contribution in [0.15, 0.2) is 23.0 Å². The minimum atomic E-state index is -0.0420. The van der Waals surface area contributed by atoms with Crippen LogP contribution < -0.4 is 11.4 Å². The topological polar surface area (TPSA) is 62.2 Å². The van der Waals surface area contributed by atoms with Crippen LogP contribution in [-0.2, 0) is 18.8 Å². The average molecular weight is 275 g/mol. The van der Waals surface area contributed by atoms with Gasteiger partial charge in [0.25, 0.3) is 0 Å². The molecule has 0 spiro atoms. The van der Waals surface area contributed by atoms with Gasteiger partial charge in [0.1, 0.15) is 0 Å². The number of nitrogens with two attached hydrogens (primary N) is 1. The van der Waals surface area contributed by atoms with Crippen LogP contribution in [0.1, 0.15) is 24.9 Å². The van der Waals surface area contributed by atoms with Gasteiger partial charge in [-0.05, 0) is 31.0 Å². The van der Waals surface area contributed by atoms with Crippen molar-refractivity contribution in [3.05, 3.63) is 34.2 Å². The third kappa shape index (κ3) is 1.98. The quantitative estimate of drug-likeness (QED) is 0.898. The molecular formula is C15H21N3O2. The third-order valence-corrected chi connectivity index (χ3v) is 4.42. The van der Waals surface area contributed by atoms with Gasteiger partial charge < -0.3 is 10.5 Å². The highest BCUT2D eigenvalue weighted by Gasteiger charge is 2.28. The first-order valence-corrected chi connectivity index (χ1v) is 7.01. The molecule has 1 fully saturated rings. The largest absolute Gasteiger partial charge is 0.378 e. The zero-order chi connectivity index (χ0) is 14.4.